The van der Waals surface area contributed by atoms with Crippen molar-refractivity contribution >= 4 is 11.8 Å². The molecule has 0 amide bonds. The predicted octanol–water partition coefficient (Wildman–Crippen LogP) is 1.18. The summed E-state index contributed by atoms with van der Waals surface area (Å²) < 4.78 is 0. The van der Waals surface area contributed by atoms with E-state index in [9.17, 15) is 4.79 Å². The van der Waals surface area contributed by atoms with E-state index in [1.54, 1.807) is 0 Å². The molecule has 0 aliphatic heterocycles. The van der Waals surface area contributed by atoms with Crippen molar-refractivity contribution in [1.82, 2.24) is 0 Å². The molecular weight excluding hydrogens is 172 g/mol. The second kappa shape index (κ2) is 6.10. The zero-order valence-corrected chi connectivity index (χ0v) is 7.53. The molecule has 0 spiro atoms. The molecule has 0 aliphatic carbocycles. The van der Waals surface area contributed by atoms with Crippen LogP contribution >= 0.6 is 0 Å². The maximum absolute atomic E-state index is 10.6. The van der Waals surface area contributed by atoms with Crippen LogP contribution in [0.25, 0.3) is 0 Å². The molecule has 0 aromatic carbocycles. The number of hydrogen-bond donors (Lipinski definition) is 3. The fourth-order valence-electron chi connectivity index (χ4n) is 1.02. The number of nitrogens with one attached hydrogen (secondary N) is 1. The molecule has 0 saturated carbocycles. The summed E-state index contributed by atoms with van der Waals surface area (Å²) in [6.07, 6.45) is 1.50. The van der Waals surface area contributed by atoms with Crippen molar-refractivity contribution in [2.45, 2.75) is 26.2 Å². The molecule has 0 unspecified atom stereocenters. The Kier molecular flexibility index (Phi) is 5.42. The normalized spacial score (nSPS) is 13.8. The molecule has 4 N–H and O–H groups in total. The molecule has 0 rings (SSSR count). The maximum Gasteiger partial charge on any atom is 0.306 e. The Hall–Kier alpha value is -1.46. The lowest BCUT2D eigenvalue weighted by atomic mass is 10.00. The fraction of sp³-hybridized carbons (Fsp3) is 0.714. The van der Waals surface area contributed by atoms with Gasteiger partial charge in [-0.1, -0.05) is 18.6 Å². The SMILES string of the molecule is CCC[C@@H](CC(N)=NN=N)C(=O)O. The van der Waals surface area contributed by atoms with Crippen molar-refractivity contribution in [2.24, 2.45) is 22.0 Å². The Balaban J connectivity index is 4.16. The highest BCUT2D eigenvalue weighted by Crippen LogP contribution is 2.11. The minimum atomic E-state index is -0.884. The van der Waals surface area contributed by atoms with E-state index in [1.807, 2.05) is 6.92 Å². The van der Waals surface area contributed by atoms with Crippen molar-refractivity contribution in [2.75, 3.05) is 0 Å². The van der Waals surface area contributed by atoms with E-state index in [2.05, 4.69) is 10.3 Å². The number of carbonyl (C=O) groups is 1. The first-order chi connectivity index (χ1) is 6.11. The molecule has 0 bridgehead atoms. The van der Waals surface area contributed by atoms with Gasteiger partial charge in [0.05, 0.1) is 5.92 Å². The number of nitrogens with two attached hydrogens (primary N) is 1. The lowest BCUT2D eigenvalue weighted by molar-refractivity contribution is -0.141. The Labute approximate surface area is 76.3 Å². The van der Waals surface area contributed by atoms with E-state index in [1.165, 1.54) is 0 Å². The number of rotatable bonds is 6. The molecule has 6 heteroatoms. The van der Waals surface area contributed by atoms with Gasteiger partial charge >= 0.3 is 5.97 Å². The van der Waals surface area contributed by atoms with Crippen LogP contribution in [0.4, 0.5) is 0 Å². The number of aliphatic carboxylic acids is 1. The third kappa shape index (κ3) is 4.89. The van der Waals surface area contributed by atoms with Crippen LogP contribution in [0.5, 0.6) is 0 Å². The molecule has 74 valence electrons. The third-order valence-electron chi connectivity index (χ3n) is 1.62. The standard InChI is InChI=1S/C7H14N4O2/c1-2-3-5(7(12)13)4-6(8)10-11-9/h5H,2-4H2,1H3,(H,12,13)(H3,8,9,10)/t5-/m0/s1. The van der Waals surface area contributed by atoms with Crippen LogP contribution in [0.3, 0.4) is 0 Å². The second-order valence-electron chi connectivity index (χ2n) is 2.72. The van der Waals surface area contributed by atoms with Crippen LogP contribution in [0.15, 0.2) is 10.3 Å². The van der Waals surface area contributed by atoms with Gasteiger partial charge in [0.25, 0.3) is 0 Å². The summed E-state index contributed by atoms with van der Waals surface area (Å²) in [5, 5.41) is 14.7. The number of nitrogens with zero attached hydrogens (tertiary/aromatic N) is 2. The van der Waals surface area contributed by atoms with E-state index >= 15 is 0 Å². The van der Waals surface area contributed by atoms with E-state index in [4.69, 9.17) is 16.4 Å². The largest absolute Gasteiger partial charge is 0.481 e. The summed E-state index contributed by atoms with van der Waals surface area (Å²) >= 11 is 0. The summed E-state index contributed by atoms with van der Waals surface area (Å²) in [4.78, 5) is 10.6. The molecule has 13 heavy (non-hydrogen) atoms. The molecule has 1 atom stereocenters. The van der Waals surface area contributed by atoms with Crippen molar-refractivity contribution in [3.8, 4) is 0 Å². The highest BCUT2D eigenvalue weighted by Gasteiger charge is 2.17. The molecule has 0 fully saturated rings. The predicted molar refractivity (Wildman–Crippen MR) is 47.4 cm³/mol. The number of carboxylic acid groups (broad SMARTS) is 1. The Morgan fingerprint density at radius 2 is 2.31 bits per heavy atom. The number of amidine groups is 1. The van der Waals surface area contributed by atoms with Gasteiger partial charge in [-0.2, -0.15) is 5.53 Å². The summed E-state index contributed by atoms with van der Waals surface area (Å²) in [5.74, 6) is -1.31. The van der Waals surface area contributed by atoms with E-state index in [0.717, 1.165) is 6.42 Å². The highest BCUT2D eigenvalue weighted by atomic mass is 16.4. The van der Waals surface area contributed by atoms with Gasteiger partial charge in [-0.25, -0.2) is 0 Å². The van der Waals surface area contributed by atoms with Crippen LogP contribution < -0.4 is 5.73 Å². The van der Waals surface area contributed by atoms with Gasteiger partial charge in [0.1, 0.15) is 5.84 Å². The summed E-state index contributed by atoms with van der Waals surface area (Å²) in [5.41, 5.74) is 11.7. The van der Waals surface area contributed by atoms with Crippen molar-refractivity contribution in [3.63, 3.8) is 0 Å². The average Bonchev–Trinajstić information content (AvgIpc) is 2.04. The smallest absolute Gasteiger partial charge is 0.306 e. The Bertz CT molecular complexity index is 215. The summed E-state index contributed by atoms with van der Waals surface area (Å²) in [6.45, 7) is 1.90. The lowest BCUT2D eigenvalue weighted by Gasteiger charge is -2.08. The zero-order chi connectivity index (χ0) is 10.3. The van der Waals surface area contributed by atoms with Gasteiger partial charge in [0.2, 0.25) is 0 Å². The summed E-state index contributed by atoms with van der Waals surface area (Å²) in [6, 6.07) is 0. The van der Waals surface area contributed by atoms with E-state index < -0.39 is 11.9 Å². The van der Waals surface area contributed by atoms with E-state index in [0.29, 0.717) is 6.42 Å². The fourth-order valence-corrected chi connectivity index (χ4v) is 1.02. The van der Waals surface area contributed by atoms with E-state index in [-0.39, 0.29) is 12.3 Å². The summed E-state index contributed by atoms with van der Waals surface area (Å²) in [7, 11) is 0. The monoisotopic (exact) mass is 186 g/mol. The third-order valence-corrected chi connectivity index (χ3v) is 1.62. The molecule has 0 aromatic heterocycles. The molecule has 0 saturated heterocycles. The molecule has 0 radical (unpaired) electrons. The lowest BCUT2D eigenvalue weighted by Crippen LogP contribution is -2.22. The van der Waals surface area contributed by atoms with Crippen LogP contribution in [-0.2, 0) is 4.79 Å². The van der Waals surface area contributed by atoms with Crippen LogP contribution in [0.1, 0.15) is 26.2 Å². The minimum absolute atomic E-state index is 0.0934. The van der Waals surface area contributed by atoms with Crippen LogP contribution in [0.2, 0.25) is 0 Å². The zero-order valence-electron chi connectivity index (χ0n) is 7.53. The topological polar surface area (TPSA) is 112 Å². The number of carboxylic acids is 1. The maximum atomic E-state index is 10.6. The average molecular weight is 186 g/mol. The molecule has 0 aromatic rings. The first kappa shape index (κ1) is 11.5. The van der Waals surface area contributed by atoms with Gasteiger partial charge in [-0.3, -0.25) is 4.79 Å². The van der Waals surface area contributed by atoms with Gasteiger partial charge in [0.15, 0.2) is 0 Å². The van der Waals surface area contributed by atoms with Crippen molar-refractivity contribution < 1.29 is 9.90 Å². The van der Waals surface area contributed by atoms with Gasteiger partial charge in [-0.15, -0.1) is 5.10 Å². The molecule has 0 heterocycles. The Morgan fingerprint density at radius 1 is 1.69 bits per heavy atom. The van der Waals surface area contributed by atoms with Crippen molar-refractivity contribution in [1.29, 1.82) is 5.53 Å². The minimum Gasteiger partial charge on any atom is -0.481 e. The van der Waals surface area contributed by atoms with Crippen LogP contribution in [0, 0.1) is 11.4 Å². The molecule has 0 aliphatic rings. The first-order valence-electron chi connectivity index (χ1n) is 4.03. The second-order valence-corrected chi connectivity index (χ2v) is 2.72. The first-order valence-corrected chi connectivity index (χ1v) is 4.03. The van der Waals surface area contributed by atoms with Gasteiger partial charge in [-0.05, 0) is 6.42 Å². The Morgan fingerprint density at radius 3 is 2.69 bits per heavy atom. The quantitative estimate of drug-likeness (QED) is 0.250. The van der Waals surface area contributed by atoms with Crippen LogP contribution in [-0.4, -0.2) is 16.9 Å². The molecular formula is C7H14N4O2. The molecule has 6 nitrogen and oxygen atoms in total. The highest BCUT2D eigenvalue weighted by molar-refractivity contribution is 5.84. The van der Waals surface area contributed by atoms with Gasteiger partial charge < -0.3 is 10.8 Å². The van der Waals surface area contributed by atoms with Gasteiger partial charge in [0, 0.05) is 6.42 Å². The van der Waals surface area contributed by atoms with Crippen molar-refractivity contribution in [3.05, 3.63) is 0 Å². The number of hydrogen-bond acceptors (Lipinski definition) is 3.